The van der Waals surface area contributed by atoms with Gasteiger partial charge in [0.25, 0.3) is 0 Å². The number of aromatic nitrogens is 2. The van der Waals surface area contributed by atoms with E-state index in [1.807, 2.05) is 17.5 Å². The average molecular weight is 731 g/mol. The van der Waals surface area contributed by atoms with Gasteiger partial charge in [0.15, 0.2) is 11.4 Å². The number of carbonyl (C=O) groups excluding carboxylic acids is 2. The minimum Gasteiger partial charge on any atom is -0.485 e. The van der Waals surface area contributed by atoms with E-state index in [-0.39, 0.29) is 47.1 Å². The summed E-state index contributed by atoms with van der Waals surface area (Å²) in [6.07, 6.45) is 2.32. The molecule has 1 atom stereocenters. The number of rotatable bonds is 6. The van der Waals surface area contributed by atoms with Crippen LogP contribution >= 0.6 is 39.1 Å². The monoisotopic (exact) mass is 729 g/mol. The number of nitrogens with zero attached hydrogens (tertiary/aromatic N) is 5. The minimum atomic E-state index is -4.17. The second kappa shape index (κ2) is 12.7. The maximum atomic E-state index is 14.0. The summed E-state index contributed by atoms with van der Waals surface area (Å²) in [4.78, 5) is 33.6. The highest BCUT2D eigenvalue weighted by atomic mass is 79.9. The van der Waals surface area contributed by atoms with Crippen LogP contribution < -0.4 is 4.74 Å². The molecule has 2 saturated heterocycles. The number of hydrogen-bond donors (Lipinski definition) is 0. The molecule has 44 heavy (non-hydrogen) atoms. The van der Waals surface area contributed by atoms with Crippen molar-refractivity contribution in [2.75, 3.05) is 32.7 Å². The molecule has 11 nitrogen and oxygen atoms in total. The topological polar surface area (TPSA) is 114 Å². The zero-order valence-electron chi connectivity index (χ0n) is 24.8. The highest BCUT2D eigenvalue weighted by Gasteiger charge is 2.43. The smallest absolute Gasteiger partial charge is 0.410 e. The van der Waals surface area contributed by atoms with Crippen molar-refractivity contribution < 1.29 is 27.5 Å². The zero-order chi connectivity index (χ0) is 32.0. The van der Waals surface area contributed by atoms with E-state index in [1.54, 1.807) is 42.7 Å². The third kappa shape index (κ3) is 6.53. The van der Waals surface area contributed by atoms with Gasteiger partial charge in [-0.15, -0.1) is 0 Å². The summed E-state index contributed by atoms with van der Waals surface area (Å²) < 4.78 is 43.3. The van der Waals surface area contributed by atoms with Crippen molar-refractivity contribution in [2.45, 2.75) is 63.7 Å². The second-order valence-corrected chi connectivity index (χ2v) is 15.1. The molecule has 2 amide bonds. The van der Waals surface area contributed by atoms with Crippen molar-refractivity contribution in [3.8, 4) is 5.75 Å². The number of fused-ring (bicyclic) bond motifs is 1. The number of benzene rings is 1. The van der Waals surface area contributed by atoms with E-state index in [1.165, 1.54) is 16.4 Å². The lowest BCUT2D eigenvalue weighted by Crippen LogP contribution is -2.55. The number of halogens is 3. The Morgan fingerprint density at radius 3 is 2.43 bits per heavy atom. The van der Waals surface area contributed by atoms with Crippen LogP contribution in [0.5, 0.6) is 5.75 Å². The largest absolute Gasteiger partial charge is 0.485 e. The van der Waals surface area contributed by atoms with Gasteiger partial charge in [-0.3, -0.25) is 9.20 Å². The normalized spacial score (nSPS) is 18.2. The second-order valence-electron chi connectivity index (χ2n) is 11.7. The number of ether oxygens (including phenoxy) is 2. The van der Waals surface area contributed by atoms with Crippen LogP contribution in [0, 0.1) is 6.92 Å². The van der Waals surface area contributed by atoms with Crippen LogP contribution in [0.1, 0.15) is 44.9 Å². The van der Waals surface area contributed by atoms with Gasteiger partial charge in [-0.2, -0.15) is 4.31 Å². The molecule has 1 unspecified atom stereocenters. The van der Waals surface area contributed by atoms with Crippen molar-refractivity contribution in [2.24, 2.45) is 0 Å². The van der Waals surface area contributed by atoms with Gasteiger partial charge in [0.1, 0.15) is 27.7 Å². The molecule has 5 rings (SSSR count). The van der Waals surface area contributed by atoms with Gasteiger partial charge in [0, 0.05) is 49.5 Å². The summed E-state index contributed by atoms with van der Waals surface area (Å²) in [5, 5.41) is 0.188. The van der Waals surface area contributed by atoms with E-state index in [0.29, 0.717) is 42.9 Å². The number of carbonyl (C=O) groups is 2. The van der Waals surface area contributed by atoms with E-state index in [9.17, 15) is 18.0 Å². The third-order valence-electron chi connectivity index (χ3n) is 7.56. The van der Waals surface area contributed by atoms with Crippen molar-refractivity contribution in [3.05, 3.63) is 56.4 Å². The molecular weight excluding hydrogens is 697 g/mol. The first-order valence-electron chi connectivity index (χ1n) is 14.2. The molecule has 4 heterocycles. The van der Waals surface area contributed by atoms with Gasteiger partial charge in [0.2, 0.25) is 15.9 Å². The van der Waals surface area contributed by atoms with Gasteiger partial charge in [0.05, 0.1) is 10.7 Å². The Labute approximate surface area is 275 Å². The van der Waals surface area contributed by atoms with Crippen LogP contribution in [0.4, 0.5) is 4.79 Å². The number of hydrogen-bond acceptors (Lipinski definition) is 7. The van der Waals surface area contributed by atoms with E-state index in [4.69, 9.17) is 32.7 Å². The Morgan fingerprint density at radius 1 is 1.07 bits per heavy atom. The fourth-order valence-corrected chi connectivity index (χ4v) is 8.23. The SMILES string of the molecule is Cc1nc2c(OCc3c(Cl)ccc(S(=O)(=O)N4CCCC4C(=O)N4CCN(C(=O)OC(C)(C)C)CC4)c3Cl)cccn2c1Br. The van der Waals surface area contributed by atoms with Gasteiger partial charge in [-0.1, -0.05) is 23.2 Å². The number of pyridine rings is 1. The fourth-order valence-electron chi connectivity index (χ4n) is 5.34. The predicted octanol–water partition coefficient (Wildman–Crippen LogP) is 5.52. The maximum Gasteiger partial charge on any atom is 0.410 e. The zero-order valence-corrected chi connectivity index (χ0v) is 28.8. The van der Waals surface area contributed by atoms with Crippen molar-refractivity contribution in [1.29, 1.82) is 0 Å². The Balaban J connectivity index is 1.32. The van der Waals surface area contributed by atoms with Gasteiger partial charge in [-0.05, 0) is 80.7 Å². The van der Waals surface area contributed by atoms with Crippen LogP contribution in [0.2, 0.25) is 10.0 Å². The van der Waals surface area contributed by atoms with E-state index in [2.05, 4.69) is 20.9 Å². The highest BCUT2D eigenvalue weighted by Crippen LogP contribution is 2.37. The molecule has 238 valence electrons. The number of piperazine rings is 1. The Hall–Kier alpha value is -2.58. The standard InChI is InChI=1S/C29H34BrCl2N5O6S/c1-18-25(30)36-11-6-8-22(26(36)33-18)42-17-19-20(31)9-10-23(24(19)32)44(40,41)37-12-5-7-21(37)27(38)34-13-15-35(16-14-34)28(39)43-29(2,3)4/h6,8-11,21H,5,7,12-17H2,1-4H3. The third-order valence-corrected chi connectivity index (χ3v) is 11.4. The number of amides is 2. The van der Waals surface area contributed by atoms with Crippen LogP contribution in [0.25, 0.3) is 5.65 Å². The van der Waals surface area contributed by atoms with Crippen LogP contribution in [0.3, 0.4) is 0 Å². The molecule has 0 aliphatic carbocycles. The Kier molecular flexibility index (Phi) is 9.44. The first-order valence-corrected chi connectivity index (χ1v) is 17.2. The van der Waals surface area contributed by atoms with E-state index >= 15 is 0 Å². The summed E-state index contributed by atoms with van der Waals surface area (Å²) in [6, 6.07) is 5.52. The van der Waals surface area contributed by atoms with Gasteiger partial charge >= 0.3 is 6.09 Å². The summed E-state index contributed by atoms with van der Waals surface area (Å²) >= 11 is 16.7. The van der Waals surface area contributed by atoms with E-state index in [0.717, 1.165) is 10.3 Å². The lowest BCUT2D eigenvalue weighted by atomic mass is 10.2. The molecular formula is C29H34BrCl2N5O6S. The lowest BCUT2D eigenvalue weighted by Gasteiger charge is -2.37. The van der Waals surface area contributed by atoms with Crippen molar-refractivity contribution >= 4 is 66.8 Å². The predicted molar refractivity (Wildman–Crippen MR) is 170 cm³/mol. The molecule has 2 aromatic heterocycles. The van der Waals surface area contributed by atoms with Crippen molar-refractivity contribution in [1.82, 2.24) is 23.5 Å². The average Bonchev–Trinajstić information content (AvgIpc) is 3.57. The Bertz CT molecular complexity index is 1700. The number of imidazole rings is 1. The maximum absolute atomic E-state index is 14.0. The van der Waals surface area contributed by atoms with E-state index < -0.39 is 27.8 Å². The van der Waals surface area contributed by atoms with Crippen LogP contribution in [-0.4, -0.2) is 88.3 Å². The van der Waals surface area contributed by atoms with Crippen LogP contribution in [-0.2, 0) is 26.2 Å². The molecule has 0 saturated carbocycles. The molecule has 2 aliphatic rings. The Morgan fingerprint density at radius 2 is 1.75 bits per heavy atom. The fraction of sp³-hybridized carbons (Fsp3) is 0.483. The summed E-state index contributed by atoms with van der Waals surface area (Å²) in [5.74, 6) is 0.177. The number of aryl methyl sites for hydroxylation is 1. The first kappa shape index (κ1) is 32.8. The van der Waals surface area contributed by atoms with Crippen LogP contribution in [0.15, 0.2) is 40.0 Å². The highest BCUT2D eigenvalue weighted by molar-refractivity contribution is 9.10. The summed E-state index contributed by atoms with van der Waals surface area (Å²) in [5.41, 5.74) is 1.05. The molecule has 0 spiro atoms. The molecule has 0 bridgehead atoms. The summed E-state index contributed by atoms with van der Waals surface area (Å²) in [7, 11) is -4.17. The summed E-state index contributed by atoms with van der Waals surface area (Å²) in [6.45, 7) is 8.50. The minimum absolute atomic E-state index is 0.0609. The molecule has 2 fully saturated rings. The molecule has 0 N–H and O–H groups in total. The van der Waals surface area contributed by atoms with Gasteiger partial charge in [-0.25, -0.2) is 18.2 Å². The number of sulfonamides is 1. The molecule has 0 radical (unpaired) electrons. The van der Waals surface area contributed by atoms with Gasteiger partial charge < -0.3 is 19.3 Å². The molecule has 3 aromatic rings. The molecule has 2 aliphatic heterocycles. The quantitative estimate of drug-likeness (QED) is 0.328. The molecule has 15 heteroatoms. The van der Waals surface area contributed by atoms with Crippen molar-refractivity contribution in [3.63, 3.8) is 0 Å². The first-order chi connectivity index (χ1) is 20.7. The molecule has 1 aromatic carbocycles. The lowest BCUT2D eigenvalue weighted by molar-refractivity contribution is -0.136.